The van der Waals surface area contributed by atoms with Crippen molar-refractivity contribution in [3.63, 3.8) is 0 Å². The SMILES string of the molecule is Brc1ccc2c(c1)SCCN2. The fraction of sp³-hybridized carbons (Fsp3) is 0.250. The van der Waals surface area contributed by atoms with E-state index in [1.807, 2.05) is 11.8 Å². The number of anilines is 1. The summed E-state index contributed by atoms with van der Waals surface area (Å²) >= 11 is 5.36. The third kappa shape index (κ3) is 1.54. The molecule has 0 atom stereocenters. The molecular weight excluding hydrogens is 222 g/mol. The van der Waals surface area contributed by atoms with Gasteiger partial charge in [0.25, 0.3) is 0 Å². The van der Waals surface area contributed by atoms with Crippen LogP contribution in [0.5, 0.6) is 0 Å². The predicted molar refractivity (Wildman–Crippen MR) is 53.4 cm³/mol. The van der Waals surface area contributed by atoms with Crippen molar-refractivity contribution in [3.05, 3.63) is 22.7 Å². The van der Waals surface area contributed by atoms with Crippen LogP contribution in [0, 0.1) is 0 Å². The molecular formula is C8H8BrNS. The van der Waals surface area contributed by atoms with Crippen LogP contribution in [0.1, 0.15) is 0 Å². The van der Waals surface area contributed by atoms with E-state index in [4.69, 9.17) is 0 Å². The monoisotopic (exact) mass is 229 g/mol. The molecule has 0 unspecified atom stereocenters. The van der Waals surface area contributed by atoms with Gasteiger partial charge in [-0.15, -0.1) is 11.8 Å². The average molecular weight is 230 g/mol. The first kappa shape index (κ1) is 7.50. The molecule has 11 heavy (non-hydrogen) atoms. The average Bonchev–Trinajstić information content (AvgIpc) is 2.04. The number of nitrogens with one attached hydrogen (secondary N) is 1. The fourth-order valence-corrected chi connectivity index (χ4v) is 2.55. The summed E-state index contributed by atoms with van der Waals surface area (Å²) in [6, 6.07) is 6.34. The molecule has 3 heteroatoms. The maximum absolute atomic E-state index is 3.45. The van der Waals surface area contributed by atoms with Gasteiger partial charge in [-0.2, -0.15) is 0 Å². The molecule has 1 N–H and O–H groups in total. The summed E-state index contributed by atoms with van der Waals surface area (Å²) in [7, 11) is 0. The summed E-state index contributed by atoms with van der Waals surface area (Å²) < 4.78 is 1.16. The number of halogens is 1. The van der Waals surface area contributed by atoms with Gasteiger partial charge in [-0.05, 0) is 18.2 Å². The first-order valence-electron chi connectivity index (χ1n) is 3.52. The maximum atomic E-state index is 3.45. The van der Waals surface area contributed by atoms with Crippen LogP contribution in [0.2, 0.25) is 0 Å². The summed E-state index contributed by atoms with van der Waals surface area (Å²) in [5, 5.41) is 3.35. The van der Waals surface area contributed by atoms with E-state index in [0.29, 0.717) is 0 Å². The summed E-state index contributed by atoms with van der Waals surface area (Å²) in [5.74, 6) is 1.17. The van der Waals surface area contributed by atoms with Gasteiger partial charge in [-0.1, -0.05) is 15.9 Å². The minimum absolute atomic E-state index is 1.08. The van der Waals surface area contributed by atoms with Crippen LogP contribution in [0.25, 0.3) is 0 Å². The third-order valence-corrected chi connectivity index (χ3v) is 3.17. The van der Waals surface area contributed by atoms with E-state index >= 15 is 0 Å². The molecule has 0 spiro atoms. The van der Waals surface area contributed by atoms with Crippen LogP contribution in [0.3, 0.4) is 0 Å². The Bertz CT molecular complexity index is 275. The molecule has 58 valence electrons. The zero-order valence-corrected chi connectivity index (χ0v) is 8.33. The Kier molecular flexibility index (Phi) is 2.09. The van der Waals surface area contributed by atoms with Gasteiger partial charge in [0.15, 0.2) is 0 Å². The summed E-state index contributed by atoms with van der Waals surface area (Å²) in [4.78, 5) is 1.35. The van der Waals surface area contributed by atoms with Gasteiger partial charge >= 0.3 is 0 Å². The van der Waals surface area contributed by atoms with Crippen molar-refractivity contribution in [2.75, 3.05) is 17.6 Å². The van der Waals surface area contributed by atoms with Gasteiger partial charge in [0.1, 0.15) is 0 Å². The fourth-order valence-electron chi connectivity index (χ4n) is 1.11. The number of fused-ring (bicyclic) bond motifs is 1. The first-order valence-corrected chi connectivity index (χ1v) is 5.30. The van der Waals surface area contributed by atoms with Gasteiger partial charge in [0.2, 0.25) is 0 Å². The second-order valence-corrected chi connectivity index (χ2v) is 4.47. The molecule has 1 heterocycles. The summed E-state index contributed by atoms with van der Waals surface area (Å²) in [6.45, 7) is 1.08. The normalized spacial score (nSPS) is 15.4. The topological polar surface area (TPSA) is 12.0 Å². The molecule has 2 rings (SSSR count). The lowest BCUT2D eigenvalue weighted by Gasteiger charge is -2.16. The minimum Gasteiger partial charge on any atom is -0.383 e. The molecule has 0 aromatic heterocycles. The van der Waals surface area contributed by atoms with E-state index in [1.165, 1.54) is 16.3 Å². The number of benzene rings is 1. The van der Waals surface area contributed by atoms with Gasteiger partial charge in [-0.3, -0.25) is 0 Å². The quantitative estimate of drug-likeness (QED) is 0.735. The van der Waals surface area contributed by atoms with E-state index in [1.54, 1.807) is 0 Å². The van der Waals surface area contributed by atoms with E-state index in [-0.39, 0.29) is 0 Å². The molecule has 1 aromatic carbocycles. The maximum Gasteiger partial charge on any atom is 0.0479 e. The van der Waals surface area contributed by atoms with Gasteiger partial charge in [0, 0.05) is 27.4 Å². The number of thioether (sulfide) groups is 1. The van der Waals surface area contributed by atoms with Crippen molar-refractivity contribution in [2.24, 2.45) is 0 Å². The zero-order valence-electron chi connectivity index (χ0n) is 5.93. The Balaban J connectivity index is 2.43. The lowest BCUT2D eigenvalue weighted by atomic mass is 10.3. The van der Waals surface area contributed by atoms with Crippen molar-refractivity contribution in [3.8, 4) is 0 Å². The van der Waals surface area contributed by atoms with Crippen molar-refractivity contribution >= 4 is 33.4 Å². The highest BCUT2D eigenvalue weighted by Gasteiger charge is 2.07. The highest BCUT2D eigenvalue weighted by molar-refractivity contribution is 9.10. The standard InChI is InChI=1S/C8H8BrNS/c9-6-1-2-7-8(5-6)11-4-3-10-7/h1-2,5,10H,3-4H2. The van der Waals surface area contributed by atoms with Crippen molar-refractivity contribution < 1.29 is 0 Å². The van der Waals surface area contributed by atoms with Crippen LogP contribution >= 0.6 is 27.7 Å². The van der Waals surface area contributed by atoms with E-state index in [2.05, 4.69) is 39.4 Å². The molecule has 0 saturated heterocycles. The molecule has 0 bridgehead atoms. The molecule has 0 saturated carbocycles. The first-order chi connectivity index (χ1) is 5.36. The highest BCUT2D eigenvalue weighted by atomic mass is 79.9. The Morgan fingerprint density at radius 2 is 2.36 bits per heavy atom. The largest absolute Gasteiger partial charge is 0.383 e. The summed E-state index contributed by atoms with van der Waals surface area (Å²) in [6.07, 6.45) is 0. The Labute approximate surface area is 78.7 Å². The Hall–Kier alpha value is -0.150. The number of hydrogen-bond acceptors (Lipinski definition) is 2. The molecule has 1 aromatic rings. The summed E-state index contributed by atoms with van der Waals surface area (Å²) in [5.41, 5.74) is 1.27. The number of hydrogen-bond donors (Lipinski definition) is 1. The highest BCUT2D eigenvalue weighted by Crippen LogP contribution is 2.32. The Morgan fingerprint density at radius 1 is 1.45 bits per heavy atom. The minimum atomic E-state index is 1.08. The van der Waals surface area contributed by atoms with Crippen LogP contribution in [0.15, 0.2) is 27.6 Å². The molecule has 0 aliphatic carbocycles. The van der Waals surface area contributed by atoms with E-state index in [9.17, 15) is 0 Å². The molecule has 0 fully saturated rings. The van der Waals surface area contributed by atoms with Crippen molar-refractivity contribution in [2.45, 2.75) is 4.90 Å². The molecule has 1 aliphatic heterocycles. The van der Waals surface area contributed by atoms with E-state index < -0.39 is 0 Å². The van der Waals surface area contributed by atoms with Crippen molar-refractivity contribution in [1.29, 1.82) is 0 Å². The third-order valence-electron chi connectivity index (χ3n) is 1.62. The molecule has 1 aliphatic rings. The zero-order chi connectivity index (χ0) is 7.68. The Morgan fingerprint density at radius 3 is 3.27 bits per heavy atom. The second kappa shape index (κ2) is 3.07. The number of rotatable bonds is 0. The lowest BCUT2D eigenvalue weighted by Crippen LogP contribution is -2.09. The van der Waals surface area contributed by atoms with Crippen LogP contribution in [0.4, 0.5) is 5.69 Å². The van der Waals surface area contributed by atoms with Gasteiger partial charge < -0.3 is 5.32 Å². The molecule has 0 radical (unpaired) electrons. The molecule has 0 amide bonds. The van der Waals surface area contributed by atoms with Gasteiger partial charge in [-0.25, -0.2) is 0 Å². The lowest BCUT2D eigenvalue weighted by molar-refractivity contribution is 1.17. The smallest absolute Gasteiger partial charge is 0.0479 e. The predicted octanol–water partition coefficient (Wildman–Crippen LogP) is 2.97. The van der Waals surface area contributed by atoms with Crippen LogP contribution < -0.4 is 5.32 Å². The van der Waals surface area contributed by atoms with Gasteiger partial charge in [0.05, 0.1) is 0 Å². The van der Waals surface area contributed by atoms with Crippen LogP contribution in [-0.4, -0.2) is 12.3 Å². The van der Waals surface area contributed by atoms with E-state index in [0.717, 1.165) is 11.0 Å². The van der Waals surface area contributed by atoms with Crippen molar-refractivity contribution in [1.82, 2.24) is 0 Å². The molecule has 1 nitrogen and oxygen atoms in total. The van der Waals surface area contributed by atoms with Crippen LogP contribution in [-0.2, 0) is 0 Å². The second-order valence-electron chi connectivity index (χ2n) is 2.42.